The summed E-state index contributed by atoms with van der Waals surface area (Å²) in [5.74, 6) is 0.848. The van der Waals surface area contributed by atoms with E-state index in [9.17, 15) is 5.11 Å². The van der Waals surface area contributed by atoms with Crippen molar-refractivity contribution in [3.05, 3.63) is 71.7 Å². The molecule has 0 amide bonds. The smallest absolute Gasteiger partial charge is 0.109 e. The van der Waals surface area contributed by atoms with Gasteiger partial charge in [0, 0.05) is 12.0 Å². The van der Waals surface area contributed by atoms with Gasteiger partial charge in [0.15, 0.2) is 0 Å². The molecule has 2 aromatic carbocycles. The van der Waals surface area contributed by atoms with Crippen molar-refractivity contribution in [3.8, 4) is 0 Å². The number of aliphatic hydroxyl groups excluding tert-OH is 1. The second kappa shape index (κ2) is 4.90. The number of aryl methyl sites for hydroxylation is 1. The molecule has 0 bridgehead atoms. The van der Waals surface area contributed by atoms with Crippen LogP contribution in [0.4, 0.5) is 0 Å². The lowest BCUT2D eigenvalue weighted by Crippen LogP contribution is -2.01. The molecule has 0 saturated carbocycles. The highest BCUT2D eigenvalue weighted by atomic mass is 16.3. The lowest BCUT2D eigenvalue weighted by atomic mass is 9.96. The number of benzene rings is 2. The number of furan rings is 1. The summed E-state index contributed by atoms with van der Waals surface area (Å²) in [5, 5.41) is 12.9. The van der Waals surface area contributed by atoms with Crippen molar-refractivity contribution >= 4 is 10.8 Å². The van der Waals surface area contributed by atoms with E-state index in [-0.39, 0.29) is 0 Å². The van der Waals surface area contributed by atoms with Gasteiger partial charge in [-0.2, -0.15) is 0 Å². The number of hydrogen-bond acceptors (Lipinski definition) is 2. The van der Waals surface area contributed by atoms with Gasteiger partial charge in [-0.1, -0.05) is 49.4 Å². The molecule has 0 radical (unpaired) electrons. The summed E-state index contributed by atoms with van der Waals surface area (Å²) in [7, 11) is 0. The molecule has 0 aliphatic rings. The van der Waals surface area contributed by atoms with E-state index < -0.39 is 6.10 Å². The van der Waals surface area contributed by atoms with Crippen molar-refractivity contribution in [3.63, 3.8) is 0 Å². The zero-order valence-electron chi connectivity index (χ0n) is 10.8. The van der Waals surface area contributed by atoms with Crippen LogP contribution in [-0.2, 0) is 6.42 Å². The largest absolute Gasteiger partial charge is 0.469 e. The standard InChI is InChI=1S/C17H16O2/c1-2-16-15(10-11-19-16)17(18)14-9-5-7-12-6-3-4-8-13(12)14/h3-11,17-18H,2H2,1H3. The normalized spacial score (nSPS) is 12.7. The van der Waals surface area contributed by atoms with E-state index in [0.717, 1.165) is 34.1 Å². The molecule has 0 fully saturated rings. The average molecular weight is 252 g/mol. The molecular formula is C17H16O2. The van der Waals surface area contributed by atoms with Crippen LogP contribution in [0.25, 0.3) is 10.8 Å². The Kier molecular flexibility index (Phi) is 3.10. The summed E-state index contributed by atoms with van der Waals surface area (Å²) in [5.41, 5.74) is 1.79. The van der Waals surface area contributed by atoms with Gasteiger partial charge < -0.3 is 9.52 Å². The van der Waals surface area contributed by atoms with Gasteiger partial charge in [-0.05, 0) is 22.4 Å². The van der Waals surface area contributed by atoms with Crippen LogP contribution in [0.2, 0.25) is 0 Å². The van der Waals surface area contributed by atoms with Gasteiger partial charge in [-0.15, -0.1) is 0 Å². The molecule has 0 saturated heterocycles. The molecule has 0 spiro atoms. The molecule has 2 heteroatoms. The molecule has 1 aromatic heterocycles. The molecule has 0 aliphatic carbocycles. The highest BCUT2D eigenvalue weighted by Gasteiger charge is 2.18. The first-order valence-electron chi connectivity index (χ1n) is 6.53. The molecule has 2 nitrogen and oxygen atoms in total. The van der Waals surface area contributed by atoms with Crippen LogP contribution in [0.3, 0.4) is 0 Å². The average Bonchev–Trinajstić information content (AvgIpc) is 2.94. The zero-order chi connectivity index (χ0) is 13.2. The minimum absolute atomic E-state index is 0.639. The van der Waals surface area contributed by atoms with Crippen LogP contribution in [0.1, 0.15) is 29.9 Å². The Balaban J connectivity index is 2.14. The topological polar surface area (TPSA) is 33.4 Å². The predicted octanol–water partition coefficient (Wildman–Crippen LogP) is 4.08. The summed E-state index contributed by atoms with van der Waals surface area (Å²) in [6.45, 7) is 2.03. The molecule has 96 valence electrons. The first-order chi connectivity index (χ1) is 9.31. The van der Waals surface area contributed by atoms with Gasteiger partial charge in [0.05, 0.1) is 6.26 Å². The van der Waals surface area contributed by atoms with Crippen LogP contribution in [0, 0.1) is 0 Å². The molecule has 1 N–H and O–H groups in total. The lowest BCUT2D eigenvalue weighted by molar-refractivity contribution is 0.219. The Morgan fingerprint density at radius 3 is 2.63 bits per heavy atom. The quantitative estimate of drug-likeness (QED) is 0.762. The third-order valence-electron chi connectivity index (χ3n) is 3.51. The van der Waals surface area contributed by atoms with Crippen molar-refractivity contribution in [2.75, 3.05) is 0 Å². The Hall–Kier alpha value is -2.06. The highest BCUT2D eigenvalue weighted by molar-refractivity contribution is 5.86. The van der Waals surface area contributed by atoms with Gasteiger partial charge in [-0.25, -0.2) is 0 Å². The van der Waals surface area contributed by atoms with Gasteiger partial charge in [0.2, 0.25) is 0 Å². The second-order valence-corrected chi connectivity index (χ2v) is 4.62. The Morgan fingerprint density at radius 2 is 1.79 bits per heavy atom. The minimum Gasteiger partial charge on any atom is -0.469 e. The molecule has 3 aromatic rings. The van der Waals surface area contributed by atoms with Crippen molar-refractivity contribution in [2.45, 2.75) is 19.4 Å². The van der Waals surface area contributed by atoms with Gasteiger partial charge in [0.25, 0.3) is 0 Å². The fourth-order valence-corrected chi connectivity index (χ4v) is 2.54. The van der Waals surface area contributed by atoms with E-state index in [1.54, 1.807) is 6.26 Å². The van der Waals surface area contributed by atoms with Crippen LogP contribution in [-0.4, -0.2) is 5.11 Å². The predicted molar refractivity (Wildman–Crippen MR) is 76.1 cm³/mol. The Bertz CT molecular complexity index is 692. The molecule has 1 unspecified atom stereocenters. The molecule has 3 rings (SSSR count). The highest BCUT2D eigenvalue weighted by Crippen LogP contribution is 2.31. The van der Waals surface area contributed by atoms with Crippen LogP contribution < -0.4 is 0 Å². The second-order valence-electron chi connectivity index (χ2n) is 4.62. The van der Waals surface area contributed by atoms with E-state index in [2.05, 4.69) is 12.1 Å². The van der Waals surface area contributed by atoms with E-state index in [1.807, 2.05) is 43.3 Å². The molecule has 19 heavy (non-hydrogen) atoms. The third kappa shape index (κ3) is 2.04. The number of rotatable bonds is 3. The van der Waals surface area contributed by atoms with E-state index >= 15 is 0 Å². The van der Waals surface area contributed by atoms with Crippen molar-refractivity contribution in [1.29, 1.82) is 0 Å². The van der Waals surface area contributed by atoms with E-state index in [1.165, 1.54) is 0 Å². The summed E-state index contributed by atoms with van der Waals surface area (Å²) >= 11 is 0. The fourth-order valence-electron chi connectivity index (χ4n) is 2.54. The number of aliphatic hydroxyl groups is 1. The Labute approximate surface area is 112 Å². The van der Waals surface area contributed by atoms with Crippen molar-refractivity contribution in [1.82, 2.24) is 0 Å². The Morgan fingerprint density at radius 1 is 1.00 bits per heavy atom. The van der Waals surface area contributed by atoms with Gasteiger partial charge in [0.1, 0.15) is 11.9 Å². The third-order valence-corrected chi connectivity index (χ3v) is 3.51. The fraction of sp³-hybridized carbons (Fsp3) is 0.176. The molecule has 0 aliphatic heterocycles. The first-order valence-corrected chi connectivity index (χ1v) is 6.53. The van der Waals surface area contributed by atoms with Crippen LogP contribution in [0.5, 0.6) is 0 Å². The number of fused-ring (bicyclic) bond motifs is 1. The van der Waals surface area contributed by atoms with Crippen molar-refractivity contribution < 1.29 is 9.52 Å². The maximum atomic E-state index is 10.6. The van der Waals surface area contributed by atoms with Gasteiger partial charge in [-0.3, -0.25) is 0 Å². The SMILES string of the molecule is CCc1occc1C(O)c1cccc2ccccc12. The van der Waals surface area contributed by atoms with Crippen LogP contribution >= 0.6 is 0 Å². The number of hydrogen-bond donors (Lipinski definition) is 1. The monoisotopic (exact) mass is 252 g/mol. The van der Waals surface area contributed by atoms with E-state index in [0.29, 0.717) is 0 Å². The van der Waals surface area contributed by atoms with Crippen LogP contribution in [0.15, 0.2) is 59.2 Å². The molecule has 1 atom stereocenters. The summed E-state index contributed by atoms with van der Waals surface area (Å²) in [6.07, 6.45) is 1.78. The summed E-state index contributed by atoms with van der Waals surface area (Å²) in [6, 6.07) is 16.0. The summed E-state index contributed by atoms with van der Waals surface area (Å²) in [4.78, 5) is 0. The first kappa shape index (κ1) is 12.0. The minimum atomic E-state index is -0.639. The maximum Gasteiger partial charge on any atom is 0.109 e. The van der Waals surface area contributed by atoms with Gasteiger partial charge >= 0.3 is 0 Å². The molecule has 1 heterocycles. The summed E-state index contributed by atoms with van der Waals surface area (Å²) < 4.78 is 5.41. The molecular weight excluding hydrogens is 236 g/mol. The van der Waals surface area contributed by atoms with E-state index in [4.69, 9.17) is 4.42 Å². The lowest BCUT2D eigenvalue weighted by Gasteiger charge is -2.13. The maximum absolute atomic E-state index is 10.6. The van der Waals surface area contributed by atoms with Crippen molar-refractivity contribution in [2.24, 2.45) is 0 Å². The zero-order valence-corrected chi connectivity index (χ0v) is 10.8.